The maximum atomic E-state index is 5.39. The number of aromatic nitrogens is 2. The number of hydrogen-bond acceptors (Lipinski definition) is 3. The molecule has 1 aliphatic rings. The fraction of sp³-hybridized carbons (Fsp3) is 0.267. The molecule has 0 atom stereocenters. The highest BCUT2D eigenvalue weighted by atomic mass is 32.1. The molecule has 0 radical (unpaired) electrons. The normalized spacial score (nSPS) is 12.6. The fourth-order valence-electron chi connectivity index (χ4n) is 3.44. The molecule has 6 heteroatoms. The molecule has 0 unspecified atom stereocenters. The predicted octanol–water partition coefficient (Wildman–Crippen LogP) is 6.06. The van der Waals surface area contributed by atoms with E-state index in [0.29, 0.717) is 5.96 Å². The molecular weight excluding hydrogens is 462 g/mol. The molecule has 2 N–H and O–H groups in total. The number of guanidine groups is 1. The Hall–Kier alpha value is -3.82. The van der Waals surface area contributed by atoms with Crippen LogP contribution < -0.4 is 5.73 Å². The third-order valence-electron chi connectivity index (χ3n) is 5.65. The molecule has 1 saturated carbocycles. The van der Waals surface area contributed by atoms with Gasteiger partial charge in [0.15, 0.2) is 5.96 Å². The van der Waals surface area contributed by atoms with E-state index in [2.05, 4.69) is 69.2 Å². The molecular formula is C30H35N5S. The first kappa shape index (κ1) is 26.8. The quantitative estimate of drug-likeness (QED) is 0.158. The standard InChI is InChI=1S/C15H12S.C11H12N2.C4H11N3/c1-3-6-15-10-14(11-16-15)13-8-5-7-12(4-2)9-13;1-2-4-11-10(3-1)8-13(12-11)7-9-5-6-9;1-6-4(5)7(2)3/h2-3,5,7-11H,1,6H2;1-4,8-9H,5-7H2;1-3H3,(H2,5,6). The number of benzene rings is 2. The lowest BCUT2D eigenvalue weighted by Crippen LogP contribution is -2.29. The Morgan fingerprint density at radius 1 is 1.22 bits per heavy atom. The maximum absolute atomic E-state index is 5.39. The van der Waals surface area contributed by atoms with Crippen molar-refractivity contribution in [3.8, 4) is 23.5 Å². The molecule has 1 aliphatic carbocycles. The summed E-state index contributed by atoms with van der Waals surface area (Å²) in [5.74, 6) is 4.11. The van der Waals surface area contributed by atoms with Gasteiger partial charge in [-0.1, -0.05) is 42.3 Å². The maximum Gasteiger partial charge on any atom is 0.190 e. The van der Waals surface area contributed by atoms with Crippen LogP contribution in [0.4, 0.5) is 0 Å². The van der Waals surface area contributed by atoms with Crippen LogP contribution in [0.5, 0.6) is 0 Å². The van der Waals surface area contributed by atoms with E-state index in [4.69, 9.17) is 12.2 Å². The molecule has 0 amide bonds. The van der Waals surface area contributed by atoms with Crippen molar-refractivity contribution in [3.05, 3.63) is 89.3 Å². The third kappa shape index (κ3) is 8.14. The molecule has 0 spiro atoms. The minimum absolute atomic E-state index is 0.556. The Labute approximate surface area is 219 Å². The molecule has 4 aromatic rings. The zero-order valence-electron chi connectivity index (χ0n) is 21.4. The van der Waals surface area contributed by atoms with E-state index in [-0.39, 0.29) is 0 Å². The first-order valence-electron chi connectivity index (χ1n) is 12.0. The molecule has 5 nitrogen and oxygen atoms in total. The number of thiophene rings is 1. The van der Waals surface area contributed by atoms with Crippen LogP contribution in [0.2, 0.25) is 0 Å². The van der Waals surface area contributed by atoms with Gasteiger partial charge in [-0.2, -0.15) is 5.10 Å². The van der Waals surface area contributed by atoms with E-state index in [0.717, 1.165) is 30.0 Å². The number of terminal acetylenes is 1. The number of rotatable bonds is 5. The highest BCUT2D eigenvalue weighted by Crippen LogP contribution is 2.30. The van der Waals surface area contributed by atoms with Crippen molar-refractivity contribution in [2.75, 3.05) is 21.1 Å². The predicted molar refractivity (Wildman–Crippen MR) is 155 cm³/mol. The summed E-state index contributed by atoms with van der Waals surface area (Å²) in [6.07, 6.45) is 13.2. The summed E-state index contributed by atoms with van der Waals surface area (Å²) in [6, 6.07) is 18.5. The number of fused-ring (bicyclic) bond motifs is 1. The fourth-order valence-corrected chi connectivity index (χ4v) is 4.34. The SMILES string of the molecule is C#Cc1cccc(-c2csc(CC=C)c2)c1.CN=C(N)N(C)C.c1ccc2nn(CC3CC3)cc2c1. The van der Waals surface area contributed by atoms with E-state index >= 15 is 0 Å². The summed E-state index contributed by atoms with van der Waals surface area (Å²) in [4.78, 5) is 6.79. The minimum atomic E-state index is 0.556. The Kier molecular flexibility index (Phi) is 9.91. The lowest BCUT2D eigenvalue weighted by Gasteiger charge is -2.07. The van der Waals surface area contributed by atoms with Gasteiger partial charge in [0.1, 0.15) is 0 Å². The average Bonchev–Trinajstić information content (AvgIpc) is 3.42. The van der Waals surface area contributed by atoms with Crippen LogP contribution in [0, 0.1) is 18.3 Å². The lowest BCUT2D eigenvalue weighted by molar-refractivity contribution is 0.568. The van der Waals surface area contributed by atoms with Crippen LogP contribution in [-0.4, -0.2) is 41.8 Å². The van der Waals surface area contributed by atoms with E-state index in [1.165, 1.54) is 34.2 Å². The van der Waals surface area contributed by atoms with E-state index in [1.807, 2.05) is 44.4 Å². The van der Waals surface area contributed by atoms with Gasteiger partial charge in [0.05, 0.1) is 5.52 Å². The van der Waals surface area contributed by atoms with Gasteiger partial charge >= 0.3 is 0 Å². The molecule has 2 heterocycles. The molecule has 186 valence electrons. The molecule has 0 bridgehead atoms. The number of allylic oxidation sites excluding steroid dienone is 1. The lowest BCUT2D eigenvalue weighted by atomic mass is 10.1. The first-order chi connectivity index (χ1) is 17.4. The highest BCUT2D eigenvalue weighted by molar-refractivity contribution is 7.10. The summed E-state index contributed by atoms with van der Waals surface area (Å²) < 4.78 is 2.09. The van der Waals surface area contributed by atoms with Gasteiger partial charge < -0.3 is 10.6 Å². The summed E-state index contributed by atoms with van der Waals surface area (Å²) in [7, 11) is 5.36. The Balaban J connectivity index is 0.000000162. The average molecular weight is 498 g/mol. The topological polar surface area (TPSA) is 59.4 Å². The van der Waals surface area contributed by atoms with Gasteiger partial charge in [-0.3, -0.25) is 9.67 Å². The smallest absolute Gasteiger partial charge is 0.190 e. The zero-order chi connectivity index (χ0) is 25.9. The zero-order valence-corrected chi connectivity index (χ0v) is 22.2. The van der Waals surface area contributed by atoms with Crippen molar-refractivity contribution in [1.82, 2.24) is 14.7 Å². The first-order valence-corrected chi connectivity index (χ1v) is 12.9. The summed E-state index contributed by atoms with van der Waals surface area (Å²) in [5.41, 5.74) is 9.75. The Morgan fingerprint density at radius 2 is 2.00 bits per heavy atom. The second-order valence-corrected chi connectivity index (χ2v) is 9.84. The van der Waals surface area contributed by atoms with Gasteiger partial charge in [-0.05, 0) is 66.0 Å². The third-order valence-corrected chi connectivity index (χ3v) is 6.61. The van der Waals surface area contributed by atoms with Crippen LogP contribution in [-0.2, 0) is 13.0 Å². The van der Waals surface area contributed by atoms with Crippen molar-refractivity contribution in [1.29, 1.82) is 0 Å². The summed E-state index contributed by atoms with van der Waals surface area (Å²) in [5, 5.41) is 7.92. The van der Waals surface area contributed by atoms with Gasteiger partial charge in [-0.25, -0.2) is 0 Å². The van der Waals surface area contributed by atoms with Gasteiger partial charge in [-0.15, -0.1) is 24.3 Å². The number of nitrogens with zero attached hydrogens (tertiary/aromatic N) is 4. The van der Waals surface area contributed by atoms with E-state index < -0.39 is 0 Å². The molecule has 2 aromatic carbocycles. The molecule has 5 rings (SSSR count). The van der Waals surface area contributed by atoms with Crippen LogP contribution in [0.15, 0.2) is 83.8 Å². The van der Waals surface area contributed by atoms with Crippen molar-refractivity contribution in [3.63, 3.8) is 0 Å². The van der Waals surface area contributed by atoms with E-state index in [9.17, 15) is 0 Å². The van der Waals surface area contributed by atoms with Crippen molar-refractivity contribution in [2.24, 2.45) is 16.6 Å². The van der Waals surface area contributed by atoms with Crippen molar-refractivity contribution < 1.29 is 0 Å². The van der Waals surface area contributed by atoms with Crippen LogP contribution in [0.25, 0.3) is 22.0 Å². The minimum Gasteiger partial charge on any atom is -0.370 e. The number of aliphatic imine (C=N–C) groups is 1. The molecule has 0 saturated heterocycles. The second kappa shape index (κ2) is 13.3. The van der Waals surface area contributed by atoms with Gasteiger partial charge in [0.2, 0.25) is 0 Å². The molecule has 0 aliphatic heterocycles. The largest absolute Gasteiger partial charge is 0.370 e. The Morgan fingerprint density at radius 3 is 2.61 bits per heavy atom. The summed E-state index contributed by atoms with van der Waals surface area (Å²) in [6.45, 7) is 4.85. The molecule has 36 heavy (non-hydrogen) atoms. The summed E-state index contributed by atoms with van der Waals surface area (Å²) >= 11 is 1.76. The van der Waals surface area contributed by atoms with Crippen LogP contribution in [0.3, 0.4) is 0 Å². The van der Waals surface area contributed by atoms with Gasteiger partial charge in [0, 0.05) is 49.7 Å². The Bertz CT molecular complexity index is 1300. The van der Waals surface area contributed by atoms with Gasteiger partial charge in [0.25, 0.3) is 0 Å². The highest BCUT2D eigenvalue weighted by Gasteiger charge is 2.21. The van der Waals surface area contributed by atoms with Crippen LogP contribution >= 0.6 is 11.3 Å². The van der Waals surface area contributed by atoms with Crippen molar-refractivity contribution in [2.45, 2.75) is 25.8 Å². The van der Waals surface area contributed by atoms with E-state index in [1.54, 1.807) is 23.3 Å². The molecule has 1 fully saturated rings. The van der Waals surface area contributed by atoms with Crippen molar-refractivity contribution >= 4 is 28.2 Å². The number of hydrogen-bond donors (Lipinski definition) is 1. The molecule has 2 aromatic heterocycles. The van der Waals surface area contributed by atoms with Crippen LogP contribution in [0.1, 0.15) is 23.3 Å². The monoisotopic (exact) mass is 497 g/mol. The number of nitrogens with two attached hydrogens (primary N) is 1. The second-order valence-electron chi connectivity index (χ2n) is 8.85.